The van der Waals surface area contributed by atoms with Crippen molar-refractivity contribution >= 4 is 5.91 Å². The van der Waals surface area contributed by atoms with Crippen molar-refractivity contribution in [1.29, 1.82) is 0 Å². The predicted molar refractivity (Wildman–Crippen MR) is 68.8 cm³/mol. The van der Waals surface area contributed by atoms with Gasteiger partial charge >= 0.3 is 0 Å². The van der Waals surface area contributed by atoms with Crippen molar-refractivity contribution in [2.75, 3.05) is 13.1 Å². The van der Waals surface area contributed by atoms with Gasteiger partial charge in [-0.25, -0.2) is 0 Å². The molecule has 0 N–H and O–H groups in total. The van der Waals surface area contributed by atoms with E-state index in [1.807, 2.05) is 39.5 Å². The van der Waals surface area contributed by atoms with E-state index >= 15 is 0 Å². The standard InChI is InChI=1S/C14H21NO3/c1-8-6-15(7-9(2)17-8)14(16)13-10(3)11(4)18-12(13)5/h8-9H,6-7H2,1-5H3/t8-,9+. The summed E-state index contributed by atoms with van der Waals surface area (Å²) < 4.78 is 11.2. The number of rotatable bonds is 1. The molecule has 2 rings (SSSR count). The van der Waals surface area contributed by atoms with Crippen molar-refractivity contribution in [3.05, 3.63) is 22.6 Å². The molecule has 0 aliphatic carbocycles. The van der Waals surface area contributed by atoms with Crippen molar-refractivity contribution in [3.63, 3.8) is 0 Å². The maximum absolute atomic E-state index is 12.6. The molecule has 0 bridgehead atoms. The number of hydrogen-bond donors (Lipinski definition) is 0. The molecule has 18 heavy (non-hydrogen) atoms. The zero-order valence-electron chi connectivity index (χ0n) is 11.7. The summed E-state index contributed by atoms with van der Waals surface area (Å²) >= 11 is 0. The summed E-state index contributed by atoms with van der Waals surface area (Å²) in [6, 6.07) is 0. The molecule has 4 heteroatoms. The van der Waals surface area contributed by atoms with Crippen LogP contribution in [0, 0.1) is 20.8 Å². The topological polar surface area (TPSA) is 42.7 Å². The van der Waals surface area contributed by atoms with E-state index in [4.69, 9.17) is 9.15 Å². The number of aryl methyl sites for hydroxylation is 2. The summed E-state index contributed by atoms with van der Waals surface area (Å²) in [4.78, 5) is 14.4. The van der Waals surface area contributed by atoms with Gasteiger partial charge in [-0.3, -0.25) is 4.79 Å². The number of carbonyl (C=O) groups excluding carboxylic acids is 1. The van der Waals surface area contributed by atoms with Gasteiger partial charge in [0.1, 0.15) is 11.5 Å². The second-order valence-electron chi connectivity index (χ2n) is 5.18. The molecule has 0 radical (unpaired) electrons. The minimum absolute atomic E-state index is 0.0591. The lowest BCUT2D eigenvalue weighted by molar-refractivity contribution is -0.0586. The van der Waals surface area contributed by atoms with Crippen LogP contribution in [0.4, 0.5) is 0 Å². The first kappa shape index (κ1) is 13.1. The van der Waals surface area contributed by atoms with Gasteiger partial charge in [-0.05, 0) is 34.6 Å². The number of amides is 1. The Morgan fingerprint density at radius 1 is 1.11 bits per heavy atom. The highest BCUT2D eigenvalue weighted by atomic mass is 16.5. The Morgan fingerprint density at radius 3 is 2.11 bits per heavy atom. The van der Waals surface area contributed by atoms with Crippen LogP contribution >= 0.6 is 0 Å². The first-order valence-electron chi connectivity index (χ1n) is 6.41. The number of furan rings is 1. The maximum Gasteiger partial charge on any atom is 0.257 e. The van der Waals surface area contributed by atoms with Crippen LogP contribution in [0.15, 0.2) is 4.42 Å². The van der Waals surface area contributed by atoms with E-state index in [-0.39, 0.29) is 18.1 Å². The van der Waals surface area contributed by atoms with Gasteiger partial charge in [-0.1, -0.05) is 0 Å². The summed E-state index contributed by atoms with van der Waals surface area (Å²) in [5.41, 5.74) is 1.66. The summed E-state index contributed by atoms with van der Waals surface area (Å²) in [6.07, 6.45) is 0.178. The Morgan fingerprint density at radius 2 is 1.67 bits per heavy atom. The molecule has 1 saturated heterocycles. The molecular weight excluding hydrogens is 230 g/mol. The normalized spacial score (nSPS) is 24.4. The molecule has 4 nitrogen and oxygen atoms in total. The first-order chi connectivity index (χ1) is 8.40. The van der Waals surface area contributed by atoms with E-state index in [2.05, 4.69) is 0 Å². The SMILES string of the molecule is Cc1oc(C)c(C(=O)N2C[C@@H](C)O[C@@H](C)C2)c1C. The van der Waals surface area contributed by atoms with Gasteiger partial charge in [0.05, 0.1) is 17.8 Å². The zero-order valence-corrected chi connectivity index (χ0v) is 11.7. The van der Waals surface area contributed by atoms with E-state index < -0.39 is 0 Å². The first-order valence-corrected chi connectivity index (χ1v) is 6.41. The molecule has 0 aromatic carbocycles. The van der Waals surface area contributed by atoms with Crippen LogP contribution in [-0.4, -0.2) is 36.1 Å². The Labute approximate surface area is 108 Å². The van der Waals surface area contributed by atoms with E-state index in [0.717, 1.165) is 11.3 Å². The highest BCUT2D eigenvalue weighted by Crippen LogP contribution is 2.24. The highest BCUT2D eigenvalue weighted by molar-refractivity contribution is 5.97. The fourth-order valence-corrected chi connectivity index (χ4v) is 2.61. The van der Waals surface area contributed by atoms with Crippen LogP contribution in [0.1, 0.15) is 41.3 Å². The molecule has 2 atom stereocenters. The lowest BCUT2D eigenvalue weighted by atomic mass is 10.1. The number of hydrogen-bond acceptors (Lipinski definition) is 3. The molecule has 1 fully saturated rings. The number of carbonyl (C=O) groups is 1. The van der Waals surface area contributed by atoms with Crippen molar-refractivity contribution in [1.82, 2.24) is 4.90 Å². The average molecular weight is 251 g/mol. The van der Waals surface area contributed by atoms with Crippen molar-refractivity contribution in [2.24, 2.45) is 0 Å². The Hall–Kier alpha value is -1.29. The summed E-state index contributed by atoms with van der Waals surface area (Å²) in [5, 5.41) is 0. The lowest BCUT2D eigenvalue weighted by Gasteiger charge is -2.35. The maximum atomic E-state index is 12.6. The van der Waals surface area contributed by atoms with Gasteiger partial charge in [-0.15, -0.1) is 0 Å². The third kappa shape index (κ3) is 2.29. The Balaban J connectivity index is 2.25. The number of morpholine rings is 1. The third-order valence-corrected chi connectivity index (χ3v) is 3.48. The van der Waals surface area contributed by atoms with Gasteiger partial charge in [0, 0.05) is 18.7 Å². The lowest BCUT2D eigenvalue weighted by Crippen LogP contribution is -2.48. The van der Waals surface area contributed by atoms with Crippen LogP contribution in [0.25, 0.3) is 0 Å². The second kappa shape index (κ2) is 4.76. The molecule has 1 amide bonds. The van der Waals surface area contributed by atoms with Crippen LogP contribution < -0.4 is 0 Å². The smallest absolute Gasteiger partial charge is 0.257 e. The second-order valence-corrected chi connectivity index (χ2v) is 5.18. The van der Waals surface area contributed by atoms with E-state index in [1.165, 1.54) is 0 Å². The zero-order chi connectivity index (χ0) is 13.4. The van der Waals surface area contributed by atoms with Crippen LogP contribution in [0.2, 0.25) is 0 Å². The average Bonchev–Trinajstić information content (AvgIpc) is 2.51. The van der Waals surface area contributed by atoms with Gasteiger partial charge < -0.3 is 14.1 Å². The largest absolute Gasteiger partial charge is 0.466 e. The van der Waals surface area contributed by atoms with Crippen molar-refractivity contribution < 1.29 is 13.9 Å². The van der Waals surface area contributed by atoms with Gasteiger partial charge in [0.15, 0.2) is 0 Å². The Kier molecular flexibility index (Phi) is 3.48. The fourth-order valence-electron chi connectivity index (χ4n) is 2.61. The molecule has 1 aromatic heterocycles. The summed E-state index contributed by atoms with van der Waals surface area (Å²) in [7, 11) is 0. The molecule has 0 spiro atoms. The van der Waals surface area contributed by atoms with E-state index in [0.29, 0.717) is 24.4 Å². The molecule has 100 valence electrons. The number of ether oxygens (including phenoxy) is 1. The molecule has 0 unspecified atom stereocenters. The molecule has 1 aliphatic rings. The third-order valence-electron chi connectivity index (χ3n) is 3.48. The van der Waals surface area contributed by atoms with Gasteiger partial charge in [0.2, 0.25) is 0 Å². The van der Waals surface area contributed by atoms with Crippen LogP contribution in [-0.2, 0) is 4.74 Å². The number of nitrogens with zero attached hydrogens (tertiary/aromatic N) is 1. The summed E-state index contributed by atoms with van der Waals surface area (Å²) in [5.74, 6) is 1.59. The minimum Gasteiger partial charge on any atom is -0.466 e. The minimum atomic E-state index is 0.0591. The van der Waals surface area contributed by atoms with Gasteiger partial charge in [0.25, 0.3) is 5.91 Å². The van der Waals surface area contributed by atoms with Gasteiger partial charge in [-0.2, -0.15) is 0 Å². The fraction of sp³-hybridized carbons (Fsp3) is 0.643. The highest BCUT2D eigenvalue weighted by Gasteiger charge is 2.29. The molecular formula is C14H21NO3. The van der Waals surface area contributed by atoms with Crippen molar-refractivity contribution in [2.45, 2.75) is 46.8 Å². The molecule has 0 saturated carbocycles. The van der Waals surface area contributed by atoms with Crippen LogP contribution in [0.5, 0.6) is 0 Å². The summed E-state index contributed by atoms with van der Waals surface area (Å²) in [6.45, 7) is 11.0. The predicted octanol–water partition coefficient (Wildman–Crippen LogP) is 2.45. The quantitative estimate of drug-likeness (QED) is 0.770. The van der Waals surface area contributed by atoms with Crippen molar-refractivity contribution in [3.8, 4) is 0 Å². The van der Waals surface area contributed by atoms with E-state index in [9.17, 15) is 4.79 Å². The molecule has 1 aromatic rings. The Bertz CT molecular complexity index is 454. The molecule has 2 heterocycles. The van der Waals surface area contributed by atoms with Crippen LogP contribution in [0.3, 0.4) is 0 Å². The molecule has 1 aliphatic heterocycles. The van der Waals surface area contributed by atoms with E-state index in [1.54, 1.807) is 0 Å². The monoisotopic (exact) mass is 251 g/mol.